The van der Waals surface area contributed by atoms with Gasteiger partial charge >= 0.3 is 0 Å². The lowest BCUT2D eigenvalue weighted by Gasteiger charge is -2.41. The maximum atomic E-state index is 5.75. The Hall–Kier alpha value is -2.04. The first kappa shape index (κ1) is 17.1. The molecule has 27 heavy (non-hydrogen) atoms. The summed E-state index contributed by atoms with van der Waals surface area (Å²) < 4.78 is 11.4. The second-order valence-electron chi connectivity index (χ2n) is 8.00. The summed E-state index contributed by atoms with van der Waals surface area (Å²) in [6, 6.07) is 16.0. The number of hydrogen-bond acceptors (Lipinski definition) is 4. The molecule has 0 unspecified atom stereocenters. The van der Waals surface area contributed by atoms with E-state index in [4.69, 9.17) is 9.47 Å². The van der Waals surface area contributed by atoms with E-state index in [9.17, 15) is 0 Å². The largest absolute Gasteiger partial charge is 0.486 e. The molecule has 0 spiro atoms. The van der Waals surface area contributed by atoms with Crippen molar-refractivity contribution in [2.45, 2.75) is 38.4 Å². The Morgan fingerprint density at radius 1 is 0.926 bits per heavy atom. The van der Waals surface area contributed by atoms with Crippen molar-refractivity contribution in [1.82, 2.24) is 9.80 Å². The third-order valence-electron chi connectivity index (χ3n) is 6.17. The molecule has 1 atom stereocenters. The van der Waals surface area contributed by atoms with E-state index in [-0.39, 0.29) is 0 Å². The molecule has 1 fully saturated rings. The summed E-state index contributed by atoms with van der Waals surface area (Å²) in [4.78, 5) is 5.32. The maximum absolute atomic E-state index is 5.75. The fourth-order valence-electron chi connectivity index (χ4n) is 4.75. The van der Waals surface area contributed by atoms with Crippen molar-refractivity contribution in [1.29, 1.82) is 0 Å². The Bertz CT molecular complexity index is 807. The summed E-state index contributed by atoms with van der Waals surface area (Å²) in [6.45, 7) is 6.96. The predicted molar refractivity (Wildman–Crippen MR) is 106 cm³/mol. The van der Waals surface area contributed by atoms with E-state index in [1.807, 2.05) is 0 Å². The molecule has 4 nitrogen and oxygen atoms in total. The van der Waals surface area contributed by atoms with Crippen molar-refractivity contribution in [3.05, 3.63) is 59.2 Å². The lowest BCUT2D eigenvalue weighted by Crippen LogP contribution is -2.49. The van der Waals surface area contributed by atoms with E-state index in [1.54, 1.807) is 0 Å². The third kappa shape index (κ3) is 3.69. The number of benzene rings is 2. The quantitative estimate of drug-likeness (QED) is 0.832. The van der Waals surface area contributed by atoms with Crippen LogP contribution in [0.4, 0.5) is 0 Å². The van der Waals surface area contributed by atoms with Crippen LogP contribution in [-0.4, -0.2) is 48.7 Å². The minimum Gasteiger partial charge on any atom is -0.486 e. The van der Waals surface area contributed by atoms with Crippen LogP contribution in [0, 0.1) is 0 Å². The molecule has 142 valence electrons. The zero-order valence-electron chi connectivity index (χ0n) is 15.9. The van der Waals surface area contributed by atoms with E-state index < -0.39 is 0 Å². The molecule has 3 aliphatic rings. The highest BCUT2D eigenvalue weighted by Crippen LogP contribution is 2.32. The van der Waals surface area contributed by atoms with Crippen molar-refractivity contribution in [3.8, 4) is 11.5 Å². The average molecular weight is 364 g/mol. The van der Waals surface area contributed by atoms with E-state index in [0.717, 1.165) is 31.1 Å². The first-order valence-corrected chi connectivity index (χ1v) is 10.3. The Morgan fingerprint density at radius 2 is 1.78 bits per heavy atom. The molecule has 0 radical (unpaired) electrons. The van der Waals surface area contributed by atoms with Gasteiger partial charge in [-0.15, -0.1) is 0 Å². The van der Waals surface area contributed by atoms with Crippen molar-refractivity contribution in [3.63, 3.8) is 0 Å². The van der Waals surface area contributed by atoms with Crippen LogP contribution in [0.15, 0.2) is 42.5 Å². The SMILES string of the molecule is c1ccc2c(c1)CCN([C@H]1CCCN(Cc3ccc4c(c3)OCCO4)C1)C2. The number of likely N-dealkylation sites (tertiary alicyclic amines) is 1. The zero-order valence-corrected chi connectivity index (χ0v) is 15.9. The van der Waals surface area contributed by atoms with Crippen LogP contribution in [0.1, 0.15) is 29.5 Å². The van der Waals surface area contributed by atoms with Gasteiger partial charge in [-0.25, -0.2) is 0 Å². The van der Waals surface area contributed by atoms with Gasteiger partial charge in [0.1, 0.15) is 13.2 Å². The molecule has 0 amide bonds. The van der Waals surface area contributed by atoms with Gasteiger partial charge in [-0.05, 0) is 54.6 Å². The van der Waals surface area contributed by atoms with Gasteiger partial charge in [-0.1, -0.05) is 30.3 Å². The van der Waals surface area contributed by atoms with Crippen LogP contribution >= 0.6 is 0 Å². The number of ether oxygens (including phenoxy) is 2. The highest BCUT2D eigenvalue weighted by Gasteiger charge is 2.28. The normalized spacial score (nSPS) is 23.0. The van der Waals surface area contributed by atoms with Crippen LogP contribution in [0.25, 0.3) is 0 Å². The Balaban J connectivity index is 1.24. The third-order valence-corrected chi connectivity index (χ3v) is 6.17. The van der Waals surface area contributed by atoms with Crippen molar-refractivity contribution < 1.29 is 9.47 Å². The summed E-state index contributed by atoms with van der Waals surface area (Å²) in [5, 5.41) is 0. The van der Waals surface area contributed by atoms with Gasteiger partial charge in [0, 0.05) is 32.2 Å². The van der Waals surface area contributed by atoms with Gasteiger partial charge in [0.25, 0.3) is 0 Å². The number of piperidine rings is 1. The van der Waals surface area contributed by atoms with Crippen LogP contribution in [-0.2, 0) is 19.5 Å². The summed E-state index contributed by atoms with van der Waals surface area (Å²) in [5.41, 5.74) is 4.38. The molecular formula is C23H28N2O2. The Morgan fingerprint density at radius 3 is 2.70 bits per heavy atom. The fourth-order valence-corrected chi connectivity index (χ4v) is 4.75. The number of rotatable bonds is 3. The number of hydrogen-bond donors (Lipinski definition) is 0. The van der Waals surface area contributed by atoms with Gasteiger partial charge in [-0.2, -0.15) is 0 Å². The summed E-state index contributed by atoms with van der Waals surface area (Å²) in [5.74, 6) is 1.79. The maximum Gasteiger partial charge on any atom is 0.161 e. The first-order valence-electron chi connectivity index (χ1n) is 10.3. The number of nitrogens with zero attached hydrogens (tertiary/aromatic N) is 2. The van der Waals surface area contributed by atoms with Gasteiger partial charge in [0.2, 0.25) is 0 Å². The van der Waals surface area contributed by atoms with E-state index in [0.29, 0.717) is 19.3 Å². The summed E-state index contributed by atoms with van der Waals surface area (Å²) in [7, 11) is 0. The fraction of sp³-hybridized carbons (Fsp3) is 0.478. The van der Waals surface area contributed by atoms with Gasteiger partial charge in [-0.3, -0.25) is 9.80 Å². The molecule has 2 aromatic carbocycles. The molecule has 0 saturated carbocycles. The smallest absolute Gasteiger partial charge is 0.161 e. The number of fused-ring (bicyclic) bond motifs is 2. The minimum atomic E-state index is 0.651. The molecule has 0 bridgehead atoms. The van der Waals surface area contributed by atoms with Crippen molar-refractivity contribution >= 4 is 0 Å². The molecule has 4 heteroatoms. The lowest BCUT2D eigenvalue weighted by atomic mass is 9.96. The van der Waals surface area contributed by atoms with Gasteiger partial charge in [0.15, 0.2) is 11.5 Å². The summed E-state index contributed by atoms with van der Waals surface area (Å²) in [6.07, 6.45) is 3.79. The molecule has 3 heterocycles. The first-order chi connectivity index (χ1) is 13.3. The topological polar surface area (TPSA) is 24.9 Å². The lowest BCUT2D eigenvalue weighted by molar-refractivity contribution is 0.0837. The van der Waals surface area contributed by atoms with Crippen molar-refractivity contribution in [2.24, 2.45) is 0 Å². The van der Waals surface area contributed by atoms with E-state index in [1.165, 1.54) is 49.0 Å². The summed E-state index contributed by atoms with van der Waals surface area (Å²) >= 11 is 0. The molecule has 5 rings (SSSR count). The van der Waals surface area contributed by atoms with Crippen LogP contribution in [0.3, 0.4) is 0 Å². The van der Waals surface area contributed by atoms with Crippen LogP contribution in [0.5, 0.6) is 11.5 Å². The molecule has 0 N–H and O–H groups in total. The Labute approximate surface area is 161 Å². The molecule has 1 saturated heterocycles. The molecule has 3 aliphatic heterocycles. The average Bonchev–Trinajstić information content (AvgIpc) is 2.73. The monoisotopic (exact) mass is 364 g/mol. The highest BCUT2D eigenvalue weighted by molar-refractivity contribution is 5.43. The molecule has 0 aromatic heterocycles. The predicted octanol–water partition coefficient (Wildman–Crippen LogP) is 3.48. The second kappa shape index (κ2) is 7.53. The zero-order chi connectivity index (χ0) is 18.1. The van der Waals surface area contributed by atoms with Gasteiger partial charge in [0.05, 0.1) is 0 Å². The van der Waals surface area contributed by atoms with E-state index in [2.05, 4.69) is 52.3 Å². The van der Waals surface area contributed by atoms with E-state index >= 15 is 0 Å². The molecular weight excluding hydrogens is 336 g/mol. The standard InChI is InChI=1S/C23H28N2O2/c1-2-5-20-16-25(11-9-19(20)4-1)21-6-3-10-24(17-21)15-18-7-8-22-23(14-18)27-13-12-26-22/h1-2,4-5,7-8,14,21H,3,6,9-13,15-17H2/t21-/m0/s1. The molecule has 0 aliphatic carbocycles. The molecule has 2 aromatic rings. The van der Waals surface area contributed by atoms with Crippen molar-refractivity contribution in [2.75, 3.05) is 32.8 Å². The second-order valence-corrected chi connectivity index (χ2v) is 8.00. The van der Waals surface area contributed by atoms with Gasteiger partial charge < -0.3 is 9.47 Å². The minimum absolute atomic E-state index is 0.651. The van der Waals surface area contributed by atoms with Crippen LogP contribution < -0.4 is 9.47 Å². The highest BCUT2D eigenvalue weighted by atomic mass is 16.6. The van der Waals surface area contributed by atoms with Crippen LogP contribution in [0.2, 0.25) is 0 Å². The Kier molecular flexibility index (Phi) is 4.76.